The molecule has 22 heavy (non-hydrogen) atoms. The van der Waals surface area contributed by atoms with Crippen LogP contribution >= 0.6 is 0 Å². The Hall–Kier alpha value is -1.92. The van der Waals surface area contributed by atoms with Gasteiger partial charge in [0, 0.05) is 7.11 Å². The van der Waals surface area contributed by atoms with Gasteiger partial charge in [-0.3, -0.25) is 0 Å². The molecule has 0 bridgehead atoms. The number of aliphatic hydroxyl groups is 1. The van der Waals surface area contributed by atoms with Gasteiger partial charge < -0.3 is 9.84 Å². The van der Waals surface area contributed by atoms with Gasteiger partial charge in [-0.25, -0.2) is 0 Å². The lowest BCUT2D eigenvalue weighted by Crippen LogP contribution is -2.59. The van der Waals surface area contributed by atoms with E-state index in [0.717, 1.165) is 0 Å². The fourth-order valence-electron chi connectivity index (χ4n) is 2.37. The SMILES string of the molecule is COC(F)(C(F)(F)F)C(O)(c1ccccc1)c1ccccc1. The maximum absolute atomic E-state index is 14.9. The number of rotatable bonds is 4. The smallest absolute Gasteiger partial charge is 0.374 e. The van der Waals surface area contributed by atoms with Crippen LogP contribution in [0.5, 0.6) is 0 Å². The highest BCUT2D eigenvalue weighted by Crippen LogP contribution is 2.50. The Morgan fingerprint density at radius 2 is 1.14 bits per heavy atom. The number of ether oxygens (including phenoxy) is 1. The molecule has 0 heterocycles. The quantitative estimate of drug-likeness (QED) is 0.870. The molecule has 0 aliphatic rings. The van der Waals surface area contributed by atoms with E-state index in [-0.39, 0.29) is 11.1 Å². The van der Waals surface area contributed by atoms with Gasteiger partial charge in [-0.15, -0.1) is 0 Å². The van der Waals surface area contributed by atoms with Gasteiger partial charge in [-0.05, 0) is 11.1 Å². The van der Waals surface area contributed by atoms with E-state index in [4.69, 9.17) is 0 Å². The number of hydrogen-bond acceptors (Lipinski definition) is 2. The third-order valence-corrected chi connectivity index (χ3v) is 3.49. The van der Waals surface area contributed by atoms with E-state index in [1.54, 1.807) is 12.1 Å². The molecular weight excluding hydrogens is 300 g/mol. The van der Waals surface area contributed by atoms with Crippen LogP contribution in [0.3, 0.4) is 0 Å². The zero-order valence-corrected chi connectivity index (χ0v) is 11.6. The van der Waals surface area contributed by atoms with E-state index in [1.165, 1.54) is 48.5 Å². The first-order valence-corrected chi connectivity index (χ1v) is 6.41. The van der Waals surface area contributed by atoms with Gasteiger partial charge in [0.05, 0.1) is 0 Å². The van der Waals surface area contributed by atoms with Crippen LogP contribution in [-0.4, -0.2) is 24.2 Å². The van der Waals surface area contributed by atoms with Crippen molar-refractivity contribution >= 4 is 0 Å². The third-order valence-electron chi connectivity index (χ3n) is 3.49. The molecule has 0 spiro atoms. The summed E-state index contributed by atoms with van der Waals surface area (Å²) in [7, 11) is 0.574. The van der Waals surface area contributed by atoms with E-state index in [9.17, 15) is 22.7 Å². The molecule has 0 radical (unpaired) electrons. The summed E-state index contributed by atoms with van der Waals surface area (Å²) in [5.41, 5.74) is -3.56. The maximum Gasteiger partial charge on any atom is 0.452 e. The molecule has 0 saturated heterocycles. The molecule has 0 amide bonds. The highest BCUT2D eigenvalue weighted by Gasteiger charge is 2.70. The van der Waals surface area contributed by atoms with Crippen LogP contribution in [0.25, 0.3) is 0 Å². The molecule has 0 aliphatic heterocycles. The largest absolute Gasteiger partial charge is 0.452 e. The van der Waals surface area contributed by atoms with E-state index < -0.39 is 17.6 Å². The summed E-state index contributed by atoms with van der Waals surface area (Å²) in [6.45, 7) is 0. The molecule has 2 nitrogen and oxygen atoms in total. The van der Waals surface area contributed by atoms with Crippen molar-refractivity contribution in [1.82, 2.24) is 0 Å². The van der Waals surface area contributed by atoms with Crippen molar-refractivity contribution in [3.8, 4) is 0 Å². The van der Waals surface area contributed by atoms with Crippen molar-refractivity contribution in [1.29, 1.82) is 0 Å². The second kappa shape index (κ2) is 5.70. The van der Waals surface area contributed by atoms with Gasteiger partial charge in [0.15, 0.2) is 5.60 Å². The Morgan fingerprint density at radius 1 is 0.773 bits per heavy atom. The van der Waals surface area contributed by atoms with Crippen LogP contribution in [0.15, 0.2) is 60.7 Å². The second-order valence-corrected chi connectivity index (χ2v) is 4.74. The fraction of sp³-hybridized carbons (Fsp3) is 0.250. The molecular formula is C16H14F4O2. The summed E-state index contributed by atoms with van der Waals surface area (Å²) in [5.74, 6) is -4.30. The zero-order chi connectivity index (χ0) is 16.4. The molecule has 1 unspecified atom stereocenters. The van der Waals surface area contributed by atoms with Crippen molar-refractivity contribution in [2.75, 3.05) is 7.11 Å². The van der Waals surface area contributed by atoms with E-state index >= 15 is 0 Å². The molecule has 2 aromatic rings. The van der Waals surface area contributed by atoms with Crippen molar-refractivity contribution in [2.45, 2.75) is 17.6 Å². The highest BCUT2D eigenvalue weighted by atomic mass is 19.4. The molecule has 2 rings (SSSR count). The number of halogens is 4. The maximum atomic E-state index is 14.9. The van der Waals surface area contributed by atoms with E-state index in [0.29, 0.717) is 7.11 Å². The van der Waals surface area contributed by atoms with Crippen LogP contribution in [0.1, 0.15) is 11.1 Å². The summed E-state index contributed by atoms with van der Waals surface area (Å²) >= 11 is 0. The molecule has 1 N–H and O–H groups in total. The van der Waals surface area contributed by atoms with Crippen LogP contribution in [-0.2, 0) is 10.3 Å². The fourth-order valence-corrected chi connectivity index (χ4v) is 2.37. The topological polar surface area (TPSA) is 29.5 Å². The van der Waals surface area contributed by atoms with Crippen LogP contribution in [0.4, 0.5) is 17.6 Å². The summed E-state index contributed by atoms with van der Waals surface area (Å²) in [4.78, 5) is 0. The van der Waals surface area contributed by atoms with Gasteiger partial charge in [0.25, 0.3) is 0 Å². The van der Waals surface area contributed by atoms with Crippen molar-refractivity contribution in [3.63, 3.8) is 0 Å². The minimum Gasteiger partial charge on any atom is -0.374 e. The van der Waals surface area contributed by atoms with Crippen molar-refractivity contribution in [3.05, 3.63) is 71.8 Å². The minimum atomic E-state index is -5.44. The third kappa shape index (κ3) is 2.38. The zero-order valence-electron chi connectivity index (χ0n) is 11.6. The molecule has 1 atom stereocenters. The number of alkyl halides is 4. The van der Waals surface area contributed by atoms with Gasteiger partial charge >= 0.3 is 12.0 Å². The Balaban J connectivity index is 2.77. The average Bonchev–Trinajstić information content (AvgIpc) is 2.53. The van der Waals surface area contributed by atoms with Gasteiger partial charge in [-0.2, -0.15) is 17.6 Å². The lowest BCUT2D eigenvalue weighted by Gasteiger charge is -2.41. The molecule has 2 aromatic carbocycles. The summed E-state index contributed by atoms with van der Waals surface area (Å²) < 4.78 is 58.9. The lowest BCUT2D eigenvalue weighted by molar-refractivity contribution is -0.377. The van der Waals surface area contributed by atoms with Gasteiger partial charge in [0.1, 0.15) is 0 Å². The molecule has 0 aromatic heterocycles. The van der Waals surface area contributed by atoms with Crippen LogP contribution < -0.4 is 0 Å². The Kier molecular flexibility index (Phi) is 4.26. The first kappa shape index (κ1) is 16.5. The Bertz CT molecular complexity index is 574. The first-order valence-electron chi connectivity index (χ1n) is 6.41. The van der Waals surface area contributed by atoms with Gasteiger partial charge in [0.2, 0.25) is 0 Å². The van der Waals surface area contributed by atoms with Gasteiger partial charge in [-0.1, -0.05) is 60.7 Å². The number of hydrogen-bond donors (Lipinski definition) is 1. The predicted octanol–water partition coefficient (Wildman–Crippen LogP) is 3.80. The predicted molar refractivity (Wildman–Crippen MR) is 72.8 cm³/mol. The average molecular weight is 314 g/mol. The van der Waals surface area contributed by atoms with Crippen molar-refractivity contribution < 1.29 is 27.4 Å². The summed E-state index contributed by atoms with van der Waals surface area (Å²) in [5, 5.41) is 10.8. The van der Waals surface area contributed by atoms with E-state index in [2.05, 4.69) is 4.74 Å². The Labute approximate surface area is 125 Å². The van der Waals surface area contributed by atoms with Crippen molar-refractivity contribution in [2.24, 2.45) is 0 Å². The van der Waals surface area contributed by atoms with E-state index in [1.807, 2.05) is 0 Å². The van der Waals surface area contributed by atoms with Crippen LogP contribution in [0.2, 0.25) is 0 Å². The number of methoxy groups -OCH3 is 1. The summed E-state index contributed by atoms with van der Waals surface area (Å²) in [6, 6.07) is 13.6. The normalized spacial score (nSPS) is 15.4. The molecule has 118 valence electrons. The molecule has 0 aliphatic carbocycles. The monoisotopic (exact) mass is 314 g/mol. The first-order chi connectivity index (χ1) is 10.3. The van der Waals surface area contributed by atoms with Crippen LogP contribution in [0, 0.1) is 0 Å². The molecule has 0 saturated carbocycles. The highest BCUT2D eigenvalue weighted by molar-refractivity contribution is 5.39. The lowest BCUT2D eigenvalue weighted by atomic mass is 9.79. The minimum absolute atomic E-state index is 0.261. The second-order valence-electron chi connectivity index (χ2n) is 4.74. The number of benzene rings is 2. The standard InChI is InChI=1S/C16H14F4O2/c1-22-15(17,16(18,19)20)14(21,12-8-4-2-5-9-12)13-10-6-3-7-11-13/h2-11,21H,1H3. The summed E-state index contributed by atoms with van der Waals surface area (Å²) in [6.07, 6.45) is -5.44. The molecule has 6 heteroatoms. The Morgan fingerprint density at radius 3 is 1.41 bits per heavy atom. The molecule has 0 fully saturated rings.